The molecule has 3 aromatic rings. The topological polar surface area (TPSA) is 53.2 Å². The van der Waals surface area contributed by atoms with E-state index in [0.717, 1.165) is 40.5 Å². The fraction of sp³-hybridized carbons (Fsp3) is 0.424. The van der Waals surface area contributed by atoms with Gasteiger partial charge in [0.1, 0.15) is 12.4 Å². The summed E-state index contributed by atoms with van der Waals surface area (Å²) in [5, 5.41) is 0. The van der Waals surface area contributed by atoms with Crippen molar-refractivity contribution in [2.24, 2.45) is 4.99 Å². The molecule has 0 atom stereocenters. The average molecular weight is 498 g/mol. The number of benzene rings is 1. The van der Waals surface area contributed by atoms with Crippen LogP contribution in [0.4, 0.5) is 0 Å². The number of aromatic nitrogens is 2. The van der Waals surface area contributed by atoms with Crippen LogP contribution in [0.5, 0.6) is 5.75 Å². The van der Waals surface area contributed by atoms with E-state index in [2.05, 4.69) is 59.4 Å². The third-order valence-corrected chi connectivity index (χ3v) is 6.98. The van der Waals surface area contributed by atoms with Crippen LogP contribution in [-0.2, 0) is 6.61 Å². The minimum Gasteiger partial charge on any atom is -0.487 e. The average Bonchev–Trinajstić information content (AvgIpc) is 3.69. The number of aromatic amines is 2. The normalized spacial score (nSPS) is 14.0. The Morgan fingerprint density at radius 2 is 1.51 bits per heavy atom. The molecule has 0 saturated heterocycles. The molecule has 0 aliphatic carbocycles. The zero-order valence-electron chi connectivity index (χ0n) is 22.5. The number of hydrogen-bond acceptors (Lipinski definition) is 2. The Morgan fingerprint density at radius 1 is 0.784 bits per heavy atom. The van der Waals surface area contributed by atoms with Crippen LogP contribution in [0.3, 0.4) is 0 Å². The van der Waals surface area contributed by atoms with E-state index in [9.17, 15) is 0 Å². The maximum absolute atomic E-state index is 6.22. The van der Waals surface area contributed by atoms with E-state index in [-0.39, 0.29) is 0 Å². The van der Waals surface area contributed by atoms with Crippen molar-refractivity contribution < 1.29 is 4.74 Å². The number of allylic oxidation sites excluding steroid dienone is 2. The third-order valence-electron chi connectivity index (χ3n) is 6.98. The number of nitrogens with zero attached hydrogens (tertiary/aromatic N) is 1. The van der Waals surface area contributed by atoms with Crippen LogP contribution >= 0.6 is 0 Å². The van der Waals surface area contributed by atoms with E-state index in [0.29, 0.717) is 6.61 Å². The van der Waals surface area contributed by atoms with Crippen molar-refractivity contribution in [3.8, 4) is 17.1 Å². The van der Waals surface area contributed by atoms with E-state index >= 15 is 0 Å². The molecule has 37 heavy (non-hydrogen) atoms. The Kier molecular flexibility index (Phi) is 10.9. The van der Waals surface area contributed by atoms with Crippen LogP contribution in [0.25, 0.3) is 17.5 Å². The lowest BCUT2D eigenvalue weighted by Crippen LogP contribution is -1.95. The quantitative estimate of drug-likeness (QED) is 0.179. The van der Waals surface area contributed by atoms with Gasteiger partial charge in [-0.3, -0.25) is 4.99 Å². The Bertz CT molecular complexity index is 1140. The number of ether oxygens (including phenoxy) is 1. The first-order valence-corrected chi connectivity index (χ1v) is 14.3. The molecule has 1 aliphatic rings. The van der Waals surface area contributed by atoms with Crippen LogP contribution in [0, 0.1) is 0 Å². The van der Waals surface area contributed by atoms with E-state index in [1.807, 2.05) is 30.5 Å². The van der Waals surface area contributed by atoms with Crippen LogP contribution in [0.1, 0.15) is 95.2 Å². The smallest absolute Gasteiger partial charge is 0.145 e. The molecule has 0 amide bonds. The molecule has 4 rings (SSSR count). The van der Waals surface area contributed by atoms with Crippen molar-refractivity contribution in [2.75, 3.05) is 0 Å². The van der Waals surface area contributed by atoms with Crippen LogP contribution < -0.4 is 4.74 Å². The summed E-state index contributed by atoms with van der Waals surface area (Å²) < 4.78 is 6.22. The molecule has 196 valence electrons. The fourth-order valence-electron chi connectivity index (χ4n) is 4.82. The second kappa shape index (κ2) is 15.1. The maximum Gasteiger partial charge on any atom is 0.145 e. The highest BCUT2D eigenvalue weighted by Crippen LogP contribution is 2.30. The number of rotatable bonds is 17. The zero-order chi connectivity index (χ0) is 25.5. The fourth-order valence-corrected chi connectivity index (χ4v) is 4.82. The van der Waals surface area contributed by atoms with E-state index in [4.69, 9.17) is 9.73 Å². The second-order valence-corrected chi connectivity index (χ2v) is 10.1. The highest BCUT2D eigenvalue weighted by Gasteiger charge is 2.12. The minimum atomic E-state index is 0.530. The van der Waals surface area contributed by atoms with E-state index in [1.165, 1.54) is 76.3 Å². The largest absolute Gasteiger partial charge is 0.487 e. The molecule has 1 aromatic carbocycles. The molecular weight excluding hydrogens is 454 g/mol. The molecule has 0 bridgehead atoms. The molecule has 1 aliphatic heterocycles. The van der Waals surface area contributed by atoms with Gasteiger partial charge in [0.05, 0.1) is 22.8 Å². The maximum atomic E-state index is 6.22. The van der Waals surface area contributed by atoms with Crippen molar-refractivity contribution >= 4 is 11.8 Å². The van der Waals surface area contributed by atoms with Gasteiger partial charge in [0.2, 0.25) is 0 Å². The Balaban J connectivity index is 1.26. The molecular formula is C33H43N3O. The molecule has 0 spiro atoms. The third kappa shape index (κ3) is 8.96. The van der Waals surface area contributed by atoms with E-state index < -0.39 is 0 Å². The summed E-state index contributed by atoms with van der Waals surface area (Å²) in [6.07, 6.45) is 24.4. The zero-order valence-corrected chi connectivity index (χ0v) is 22.5. The Hall–Kier alpha value is -3.27. The van der Waals surface area contributed by atoms with E-state index in [1.54, 1.807) is 0 Å². The molecule has 4 heteroatoms. The van der Waals surface area contributed by atoms with Gasteiger partial charge in [-0.05, 0) is 48.8 Å². The molecule has 0 fully saturated rings. The van der Waals surface area contributed by atoms with Gasteiger partial charge in [-0.1, -0.05) is 101 Å². The van der Waals surface area contributed by atoms with Crippen molar-refractivity contribution in [1.82, 2.24) is 9.97 Å². The summed E-state index contributed by atoms with van der Waals surface area (Å²) in [4.78, 5) is 11.7. The van der Waals surface area contributed by atoms with Gasteiger partial charge < -0.3 is 14.7 Å². The molecule has 0 saturated carbocycles. The summed E-state index contributed by atoms with van der Waals surface area (Å²) in [6.45, 7) is 2.81. The van der Waals surface area contributed by atoms with Crippen LogP contribution in [0.2, 0.25) is 0 Å². The number of hydrogen-bond donors (Lipinski definition) is 2. The van der Waals surface area contributed by atoms with Crippen molar-refractivity contribution in [1.29, 1.82) is 0 Å². The highest BCUT2D eigenvalue weighted by molar-refractivity contribution is 5.99. The lowest BCUT2D eigenvalue weighted by Gasteiger charge is -2.05. The predicted octanol–water partition coefficient (Wildman–Crippen LogP) is 9.64. The van der Waals surface area contributed by atoms with Gasteiger partial charge in [-0.2, -0.15) is 0 Å². The first-order chi connectivity index (χ1) is 18.3. The summed E-state index contributed by atoms with van der Waals surface area (Å²) >= 11 is 0. The Labute approximate surface area is 223 Å². The Morgan fingerprint density at radius 3 is 2.22 bits per heavy atom. The SMILES string of the molecule is CCCCCCCCCCCCCC1=N/C(=C\c2[nH]c(-c3ccc[nH]3)cc2OCc2ccccc2)C=C1. The van der Waals surface area contributed by atoms with Crippen molar-refractivity contribution in [3.63, 3.8) is 0 Å². The predicted molar refractivity (Wildman–Crippen MR) is 157 cm³/mol. The lowest BCUT2D eigenvalue weighted by molar-refractivity contribution is 0.306. The summed E-state index contributed by atoms with van der Waals surface area (Å²) in [5.41, 5.74) is 6.30. The first-order valence-electron chi connectivity index (χ1n) is 14.3. The van der Waals surface area contributed by atoms with Gasteiger partial charge in [0, 0.05) is 18.0 Å². The standard InChI is InChI=1S/C33H43N3O/c1-2-3-4-5-6-7-8-9-10-11-15-19-28-21-22-29(35-28)24-32-33(37-26-27-17-13-12-14-18-27)25-31(36-32)30-20-16-23-34-30/h12-14,16-18,20-25,34,36H,2-11,15,19,26H2,1H3/b29-24-. The lowest BCUT2D eigenvalue weighted by atomic mass is 10.0. The molecule has 2 aromatic heterocycles. The number of unbranched alkanes of at least 4 members (excludes halogenated alkanes) is 10. The number of nitrogens with one attached hydrogen (secondary N) is 2. The second-order valence-electron chi connectivity index (χ2n) is 10.1. The van der Waals surface area contributed by atoms with Gasteiger partial charge >= 0.3 is 0 Å². The molecule has 4 nitrogen and oxygen atoms in total. The van der Waals surface area contributed by atoms with Gasteiger partial charge in [-0.25, -0.2) is 0 Å². The van der Waals surface area contributed by atoms with Gasteiger partial charge in [-0.15, -0.1) is 0 Å². The minimum absolute atomic E-state index is 0.530. The molecule has 2 N–H and O–H groups in total. The van der Waals surface area contributed by atoms with Crippen LogP contribution in [-0.4, -0.2) is 15.7 Å². The summed E-state index contributed by atoms with van der Waals surface area (Å²) in [7, 11) is 0. The number of aliphatic imine (C=N–C) groups is 1. The summed E-state index contributed by atoms with van der Waals surface area (Å²) in [5.74, 6) is 0.836. The summed E-state index contributed by atoms with van der Waals surface area (Å²) in [6, 6.07) is 16.4. The molecule has 0 unspecified atom stereocenters. The van der Waals surface area contributed by atoms with Crippen LogP contribution in [0.15, 0.2) is 77.6 Å². The number of H-pyrrole nitrogens is 2. The molecule has 0 radical (unpaired) electrons. The van der Waals surface area contributed by atoms with Gasteiger partial charge in [0.25, 0.3) is 0 Å². The first kappa shape index (κ1) is 26.8. The van der Waals surface area contributed by atoms with Crippen molar-refractivity contribution in [3.05, 3.63) is 83.8 Å². The highest BCUT2D eigenvalue weighted by atomic mass is 16.5. The van der Waals surface area contributed by atoms with Gasteiger partial charge in [0.15, 0.2) is 0 Å². The monoisotopic (exact) mass is 497 g/mol. The molecule has 3 heterocycles. The van der Waals surface area contributed by atoms with Crippen molar-refractivity contribution in [2.45, 2.75) is 90.6 Å².